The van der Waals surface area contributed by atoms with E-state index in [1.807, 2.05) is 60.7 Å². The second-order valence-electron chi connectivity index (χ2n) is 11.2. The Labute approximate surface area is 317 Å². The minimum atomic E-state index is -0.611. The molecule has 0 spiro atoms. The fourth-order valence-corrected chi connectivity index (χ4v) is 5.17. The molecule has 0 saturated carbocycles. The summed E-state index contributed by atoms with van der Waals surface area (Å²) in [5.41, 5.74) is 15.0. The fourth-order valence-electron chi connectivity index (χ4n) is 5.17. The normalized spacial score (nSPS) is 15.1. The second kappa shape index (κ2) is 20.1. The lowest BCUT2D eigenvalue weighted by Crippen LogP contribution is -2.22. The van der Waals surface area contributed by atoms with E-state index in [9.17, 15) is 28.5 Å². The predicted molar refractivity (Wildman–Crippen MR) is 201 cm³/mol. The van der Waals surface area contributed by atoms with Crippen LogP contribution in [-0.4, -0.2) is 79.0 Å². The van der Waals surface area contributed by atoms with Crippen LogP contribution in [0.1, 0.15) is 68.9 Å². The average Bonchev–Trinajstić information content (AvgIpc) is 3.75. The van der Waals surface area contributed by atoms with E-state index in [4.69, 9.17) is 30.4 Å². The van der Waals surface area contributed by atoms with Crippen LogP contribution in [-0.2, 0) is 31.1 Å². The zero-order chi connectivity index (χ0) is 39.9. The third-order valence-electron chi connectivity index (χ3n) is 7.10. The Morgan fingerprint density at radius 1 is 0.704 bits per heavy atom. The molecule has 0 aliphatic carbocycles. The van der Waals surface area contributed by atoms with Crippen molar-refractivity contribution < 1.29 is 37.0 Å². The van der Waals surface area contributed by atoms with Gasteiger partial charge in [-0.05, 0) is 25.0 Å². The van der Waals surface area contributed by atoms with E-state index in [1.165, 1.54) is 0 Å². The quantitative estimate of drug-likeness (QED) is 0.204. The number of nitrogens with two attached hydrogens (primary N) is 2. The molecular weight excluding hydrogens is 737 g/mol. The third-order valence-corrected chi connectivity index (χ3v) is 7.10. The molecule has 4 aromatic rings. The Hall–Kier alpha value is -6.24. The highest BCUT2D eigenvalue weighted by Crippen LogP contribution is 2.44. The maximum Gasteiger partial charge on any atom is 0.356 e. The number of hydrogen-bond acceptors (Lipinski definition) is 14. The molecule has 16 nitrogen and oxygen atoms in total. The fraction of sp³-hybridized carbons (Fsp3) is 0.278. The number of carbonyl (C=O) groups excluding carboxylic acids is 2. The van der Waals surface area contributed by atoms with Gasteiger partial charge in [0.2, 0.25) is 23.5 Å². The lowest BCUT2D eigenvalue weighted by Gasteiger charge is -2.23. The van der Waals surface area contributed by atoms with Gasteiger partial charge in [-0.25, -0.2) is 9.59 Å². The maximum atomic E-state index is 12.2. The first-order valence-corrected chi connectivity index (χ1v) is 20.0. The number of H-pyrrole nitrogens is 2. The van der Waals surface area contributed by atoms with E-state index in [0.717, 1.165) is 11.1 Å². The van der Waals surface area contributed by atoms with Gasteiger partial charge in [-0.2, -0.15) is 10.5 Å². The number of benzene rings is 2. The Bertz CT molecular complexity index is 1970. The number of rotatable bonds is 6. The van der Waals surface area contributed by atoms with E-state index in [2.05, 4.69) is 32.5 Å². The number of esters is 2. The zero-order valence-electron chi connectivity index (χ0n) is 30.4. The Kier molecular flexibility index (Phi) is 15.7. The molecule has 0 radical (unpaired) electrons. The lowest BCUT2D eigenvalue weighted by molar-refractivity contribution is 0.0508. The number of nitrogens with zero attached hydrogens (tertiary/aromatic N) is 4. The van der Waals surface area contributed by atoms with Crippen molar-refractivity contribution in [3.05, 3.63) is 117 Å². The van der Waals surface area contributed by atoms with E-state index in [-0.39, 0.29) is 59.3 Å². The van der Waals surface area contributed by atoms with E-state index >= 15 is 0 Å². The number of aromatic amines is 2. The number of aromatic nitrogens is 4. The molecule has 2 aliphatic rings. The molecule has 284 valence electrons. The molecule has 6 N–H and O–H groups in total. The molecule has 18 heteroatoms. The number of nitriles is 2. The highest BCUT2D eigenvalue weighted by Gasteiger charge is 2.38. The van der Waals surface area contributed by atoms with Gasteiger partial charge in [-0.15, -0.1) is 10.2 Å². The first-order chi connectivity index (χ1) is 25.8. The summed E-state index contributed by atoms with van der Waals surface area (Å²) in [7, 11) is -1.22. The minimum absolute atomic E-state index is 0.0178. The highest BCUT2D eigenvalue weighted by molar-refractivity contribution is 7.83. The summed E-state index contributed by atoms with van der Waals surface area (Å²) in [6.45, 7) is 3.88. The second-order valence-corrected chi connectivity index (χ2v) is 14.2. The number of carbonyl (C=O) groups is 2. The zero-order valence-corrected chi connectivity index (χ0v) is 32.0. The number of nitrogens with one attached hydrogen (secondary N) is 2. The molecule has 2 aromatic carbocycles. The molecule has 2 atom stereocenters. The highest BCUT2D eigenvalue weighted by atomic mass is 32.2. The summed E-state index contributed by atoms with van der Waals surface area (Å²) in [6, 6.07) is 22.7. The number of ether oxygens (including phenoxy) is 4. The predicted octanol–water partition coefficient (Wildman–Crippen LogP) is 3.60. The van der Waals surface area contributed by atoms with Crippen molar-refractivity contribution in [3.63, 3.8) is 0 Å². The van der Waals surface area contributed by atoms with Crippen molar-refractivity contribution in [2.24, 2.45) is 11.5 Å². The summed E-state index contributed by atoms with van der Waals surface area (Å²) in [4.78, 5) is 24.3. The monoisotopic (exact) mass is 776 g/mol. The molecule has 0 bridgehead atoms. The molecule has 0 fully saturated rings. The van der Waals surface area contributed by atoms with Crippen molar-refractivity contribution in [1.82, 2.24) is 20.4 Å². The minimum Gasteiger partial charge on any atom is -0.461 e. The molecule has 2 aromatic heterocycles. The van der Waals surface area contributed by atoms with Crippen LogP contribution in [0.5, 0.6) is 11.8 Å². The van der Waals surface area contributed by atoms with Gasteiger partial charge in [-0.3, -0.25) is 18.6 Å². The Morgan fingerprint density at radius 2 is 1.02 bits per heavy atom. The van der Waals surface area contributed by atoms with E-state index < -0.39 is 45.4 Å². The SMILES string of the molecule is CCOC(=O)c1[nH]nc2c1[C@@H](c1ccccc1)C(C#N)=C(N)O2.CCOC(=O)c1[nH]nc2c1[C@H](c1ccccc1)C(C#N)=C(N)O2.CS(C)=O.CS(C)=O. The molecule has 0 unspecified atom stereocenters. The van der Waals surface area contributed by atoms with Gasteiger partial charge in [0.15, 0.2) is 11.4 Å². The van der Waals surface area contributed by atoms with Gasteiger partial charge in [0.05, 0.1) is 36.2 Å². The standard InChI is InChI=1S/2C16H14N4O3.2C2H6OS/c2*1-2-22-16(21)13-12-11(9-6-4-3-5-7-9)10(8-17)14(18)23-15(12)20-19-13;2*1-4(2)3/h2*3-7,11H,2,18H2,1H3,(H,19,20);2*1-2H3/t2*11-;;/m10../s1. The summed E-state index contributed by atoms with van der Waals surface area (Å²) in [5, 5.41) is 32.2. The maximum absolute atomic E-state index is 12.2. The van der Waals surface area contributed by atoms with Crippen LogP contribution in [0, 0.1) is 22.7 Å². The Morgan fingerprint density at radius 3 is 1.30 bits per heavy atom. The van der Waals surface area contributed by atoms with Crippen LogP contribution in [0.15, 0.2) is 83.6 Å². The van der Waals surface area contributed by atoms with Gasteiger partial charge in [0, 0.05) is 46.6 Å². The lowest BCUT2D eigenvalue weighted by atomic mass is 9.84. The van der Waals surface area contributed by atoms with Crippen molar-refractivity contribution in [2.75, 3.05) is 38.2 Å². The molecule has 54 heavy (non-hydrogen) atoms. The van der Waals surface area contributed by atoms with Gasteiger partial charge in [0.1, 0.15) is 23.3 Å². The van der Waals surface area contributed by atoms with Crippen molar-refractivity contribution >= 4 is 33.5 Å². The molecule has 2 aliphatic heterocycles. The van der Waals surface area contributed by atoms with Gasteiger partial charge in [-0.1, -0.05) is 60.7 Å². The van der Waals surface area contributed by atoms with Crippen LogP contribution < -0.4 is 20.9 Å². The average molecular weight is 777 g/mol. The van der Waals surface area contributed by atoms with Gasteiger partial charge < -0.3 is 30.4 Å². The smallest absolute Gasteiger partial charge is 0.356 e. The molecule has 6 rings (SSSR count). The molecular formula is C36H40N8O8S2. The summed E-state index contributed by atoms with van der Waals surface area (Å²) in [5.74, 6) is -1.86. The van der Waals surface area contributed by atoms with Crippen LogP contribution in [0.2, 0.25) is 0 Å². The van der Waals surface area contributed by atoms with Gasteiger partial charge in [0.25, 0.3) is 0 Å². The molecule has 0 amide bonds. The number of hydrogen-bond donors (Lipinski definition) is 4. The topological polar surface area (TPSA) is 262 Å². The molecule has 4 heterocycles. The number of allylic oxidation sites excluding steroid dienone is 2. The summed E-state index contributed by atoms with van der Waals surface area (Å²) >= 11 is 0. The number of fused-ring (bicyclic) bond motifs is 2. The first-order valence-electron chi connectivity index (χ1n) is 16.1. The van der Waals surface area contributed by atoms with Crippen molar-refractivity contribution in [2.45, 2.75) is 25.7 Å². The Balaban J connectivity index is 0.000000243. The van der Waals surface area contributed by atoms with Crippen molar-refractivity contribution in [3.8, 4) is 23.9 Å². The van der Waals surface area contributed by atoms with E-state index in [0.29, 0.717) is 11.1 Å². The van der Waals surface area contributed by atoms with Crippen LogP contribution >= 0.6 is 0 Å². The summed E-state index contributed by atoms with van der Waals surface area (Å²) < 4.78 is 39.9. The van der Waals surface area contributed by atoms with Crippen molar-refractivity contribution in [1.29, 1.82) is 10.5 Å². The molecule has 0 saturated heterocycles. The largest absolute Gasteiger partial charge is 0.461 e. The van der Waals surface area contributed by atoms with E-state index in [1.54, 1.807) is 38.9 Å². The van der Waals surface area contributed by atoms with Crippen LogP contribution in [0.25, 0.3) is 0 Å². The summed E-state index contributed by atoms with van der Waals surface area (Å²) in [6.07, 6.45) is 6.56. The van der Waals surface area contributed by atoms with Crippen LogP contribution in [0.4, 0.5) is 0 Å². The first kappa shape index (κ1) is 42.2. The van der Waals surface area contributed by atoms with Gasteiger partial charge >= 0.3 is 11.9 Å². The van der Waals surface area contributed by atoms with Crippen LogP contribution in [0.3, 0.4) is 0 Å². The third kappa shape index (κ3) is 10.4.